The summed E-state index contributed by atoms with van der Waals surface area (Å²) >= 11 is 0. The normalized spacial score (nSPS) is 32.0. The maximum Gasteiger partial charge on any atom is 0.233 e. The molecule has 0 saturated heterocycles. The molecule has 4 saturated carbocycles. The fraction of sp³-hybridized carbons (Fsp3) is 0.522. The molecule has 1 amide bonds. The molecule has 4 bridgehead atoms. The minimum absolute atomic E-state index is 0.133. The highest BCUT2D eigenvalue weighted by Gasteiger charge is 2.55. The van der Waals surface area contributed by atoms with E-state index in [0.29, 0.717) is 12.5 Å². The smallest absolute Gasteiger partial charge is 0.233 e. The van der Waals surface area contributed by atoms with Gasteiger partial charge >= 0.3 is 0 Å². The summed E-state index contributed by atoms with van der Waals surface area (Å²) in [4.78, 5) is 15.9. The summed E-state index contributed by atoms with van der Waals surface area (Å²) in [5, 5.41) is 0. The first-order valence-electron chi connectivity index (χ1n) is 10.0. The molecule has 4 aliphatic carbocycles. The number of carbonyl (C=O) groups is 1. The third-order valence-corrected chi connectivity index (χ3v) is 6.98. The zero-order valence-electron chi connectivity index (χ0n) is 15.5. The lowest BCUT2D eigenvalue weighted by molar-refractivity contribution is -0.143. The Bertz CT molecular complexity index is 755. The van der Waals surface area contributed by atoms with Gasteiger partial charge in [-0.3, -0.25) is 4.79 Å². The Morgan fingerprint density at radius 3 is 2.19 bits per heavy atom. The largest absolute Gasteiger partial charge is 0.467 e. The number of rotatable bonds is 4. The van der Waals surface area contributed by atoms with Crippen LogP contribution in [-0.2, 0) is 11.3 Å². The van der Waals surface area contributed by atoms with E-state index in [9.17, 15) is 4.79 Å². The molecule has 2 aromatic rings. The van der Waals surface area contributed by atoms with Gasteiger partial charge in [-0.1, -0.05) is 17.7 Å². The summed E-state index contributed by atoms with van der Waals surface area (Å²) in [7, 11) is 0. The summed E-state index contributed by atoms with van der Waals surface area (Å²) < 4.78 is 5.58. The molecule has 136 valence electrons. The first kappa shape index (κ1) is 16.2. The standard InChI is InChI=1S/C23H27NO2/c1-16-4-6-20(7-5-16)24(15-21-3-2-8-26-21)22(25)23-12-17-9-18(13-23)11-19(10-17)14-23/h2-8,17-19H,9-15H2,1H3. The number of aryl methyl sites for hydroxylation is 1. The lowest BCUT2D eigenvalue weighted by Crippen LogP contribution is -2.54. The fourth-order valence-electron chi connectivity index (χ4n) is 6.22. The molecule has 0 atom stereocenters. The van der Waals surface area contributed by atoms with Crippen LogP contribution in [-0.4, -0.2) is 5.91 Å². The number of hydrogen-bond acceptors (Lipinski definition) is 2. The molecular formula is C23H27NO2. The van der Waals surface area contributed by atoms with Crippen LogP contribution in [0.2, 0.25) is 0 Å². The summed E-state index contributed by atoms with van der Waals surface area (Å²) in [6.07, 6.45) is 9.05. The quantitative estimate of drug-likeness (QED) is 0.747. The van der Waals surface area contributed by atoms with Gasteiger partial charge in [-0.15, -0.1) is 0 Å². The molecule has 26 heavy (non-hydrogen) atoms. The van der Waals surface area contributed by atoms with Crippen LogP contribution in [0.3, 0.4) is 0 Å². The molecule has 1 aromatic carbocycles. The zero-order valence-corrected chi connectivity index (χ0v) is 15.5. The highest BCUT2D eigenvalue weighted by atomic mass is 16.3. The monoisotopic (exact) mass is 349 g/mol. The van der Waals surface area contributed by atoms with Gasteiger partial charge in [0.05, 0.1) is 18.2 Å². The molecule has 0 unspecified atom stereocenters. The summed E-state index contributed by atoms with van der Waals surface area (Å²) in [6.45, 7) is 2.61. The second kappa shape index (κ2) is 6.00. The van der Waals surface area contributed by atoms with Crippen molar-refractivity contribution in [2.24, 2.45) is 23.2 Å². The van der Waals surface area contributed by atoms with Crippen molar-refractivity contribution in [3.63, 3.8) is 0 Å². The first-order chi connectivity index (χ1) is 12.6. The zero-order chi connectivity index (χ0) is 17.7. The van der Waals surface area contributed by atoms with E-state index in [1.165, 1.54) is 24.8 Å². The van der Waals surface area contributed by atoms with E-state index >= 15 is 0 Å². The predicted octanol–water partition coefficient (Wildman–Crippen LogP) is 5.34. The van der Waals surface area contributed by atoms with Gasteiger partial charge < -0.3 is 9.32 Å². The number of anilines is 1. The van der Waals surface area contributed by atoms with Gasteiger partial charge in [0.25, 0.3) is 0 Å². The van der Waals surface area contributed by atoms with Gasteiger partial charge in [0, 0.05) is 5.69 Å². The van der Waals surface area contributed by atoms with Crippen molar-refractivity contribution >= 4 is 11.6 Å². The molecule has 0 aliphatic heterocycles. The average molecular weight is 349 g/mol. The molecule has 4 fully saturated rings. The van der Waals surface area contributed by atoms with Gasteiger partial charge in [-0.25, -0.2) is 0 Å². The van der Waals surface area contributed by atoms with Crippen molar-refractivity contribution in [1.82, 2.24) is 0 Å². The molecule has 0 spiro atoms. The van der Waals surface area contributed by atoms with E-state index in [2.05, 4.69) is 31.2 Å². The highest BCUT2D eigenvalue weighted by molar-refractivity contribution is 5.97. The predicted molar refractivity (Wildman–Crippen MR) is 102 cm³/mol. The number of furan rings is 1. The number of carbonyl (C=O) groups excluding carboxylic acids is 1. The third-order valence-electron chi connectivity index (χ3n) is 6.98. The lowest BCUT2D eigenvalue weighted by atomic mass is 9.49. The van der Waals surface area contributed by atoms with Crippen LogP contribution in [0.4, 0.5) is 5.69 Å². The minimum atomic E-state index is -0.133. The minimum Gasteiger partial charge on any atom is -0.467 e. The van der Waals surface area contributed by atoms with Crippen molar-refractivity contribution in [3.05, 3.63) is 54.0 Å². The van der Waals surface area contributed by atoms with E-state index in [1.807, 2.05) is 17.0 Å². The summed E-state index contributed by atoms with van der Waals surface area (Å²) in [6, 6.07) is 12.2. The Labute approximate surface area is 155 Å². The maximum atomic E-state index is 13.9. The van der Waals surface area contributed by atoms with Crippen molar-refractivity contribution < 1.29 is 9.21 Å². The molecule has 1 aromatic heterocycles. The van der Waals surface area contributed by atoms with Crippen LogP contribution in [0.25, 0.3) is 0 Å². The van der Waals surface area contributed by atoms with E-state index in [4.69, 9.17) is 4.42 Å². The van der Waals surface area contributed by atoms with Crippen LogP contribution in [0.5, 0.6) is 0 Å². The Balaban J connectivity index is 1.49. The molecule has 0 radical (unpaired) electrons. The van der Waals surface area contributed by atoms with E-state index in [-0.39, 0.29) is 5.41 Å². The number of hydrogen-bond donors (Lipinski definition) is 0. The van der Waals surface area contributed by atoms with Crippen LogP contribution in [0.15, 0.2) is 47.1 Å². The van der Waals surface area contributed by atoms with Crippen molar-refractivity contribution in [1.29, 1.82) is 0 Å². The number of amides is 1. The van der Waals surface area contributed by atoms with Crippen molar-refractivity contribution in [2.75, 3.05) is 4.90 Å². The summed E-state index contributed by atoms with van der Waals surface area (Å²) in [5.41, 5.74) is 2.08. The highest BCUT2D eigenvalue weighted by Crippen LogP contribution is 2.60. The lowest BCUT2D eigenvalue weighted by Gasteiger charge is -2.56. The molecule has 1 heterocycles. The fourth-order valence-corrected chi connectivity index (χ4v) is 6.22. The third kappa shape index (κ3) is 2.69. The van der Waals surface area contributed by atoms with Gasteiger partial charge in [0.2, 0.25) is 5.91 Å². The Morgan fingerprint density at radius 1 is 1.04 bits per heavy atom. The van der Waals surface area contributed by atoms with Crippen LogP contribution in [0, 0.1) is 30.1 Å². The Morgan fingerprint density at radius 2 is 1.65 bits per heavy atom. The van der Waals surface area contributed by atoms with E-state index in [1.54, 1.807) is 6.26 Å². The first-order valence-corrected chi connectivity index (χ1v) is 10.0. The van der Waals surface area contributed by atoms with E-state index < -0.39 is 0 Å². The van der Waals surface area contributed by atoms with Crippen LogP contribution >= 0.6 is 0 Å². The number of benzene rings is 1. The van der Waals surface area contributed by atoms with E-state index in [0.717, 1.165) is 48.5 Å². The van der Waals surface area contributed by atoms with Gasteiger partial charge in [-0.2, -0.15) is 0 Å². The maximum absolute atomic E-state index is 13.9. The van der Waals surface area contributed by atoms with Gasteiger partial charge in [-0.05, 0) is 87.5 Å². The van der Waals surface area contributed by atoms with Crippen molar-refractivity contribution in [3.8, 4) is 0 Å². The molecule has 6 rings (SSSR count). The Hall–Kier alpha value is -2.03. The molecular weight excluding hydrogens is 322 g/mol. The average Bonchev–Trinajstić information content (AvgIpc) is 3.12. The van der Waals surface area contributed by atoms with Gasteiger partial charge in [0.1, 0.15) is 5.76 Å². The topological polar surface area (TPSA) is 33.5 Å². The molecule has 3 nitrogen and oxygen atoms in total. The molecule has 4 aliphatic rings. The second-order valence-corrected chi connectivity index (χ2v) is 9.00. The van der Waals surface area contributed by atoms with Crippen LogP contribution < -0.4 is 4.90 Å². The molecule has 0 N–H and O–H groups in total. The van der Waals surface area contributed by atoms with Crippen molar-refractivity contribution in [2.45, 2.75) is 52.0 Å². The second-order valence-electron chi connectivity index (χ2n) is 9.00. The molecule has 3 heteroatoms. The summed E-state index contributed by atoms with van der Waals surface area (Å²) in [5.74, 6) is 3.50. The Kier molecular flexibility index (Phi) is 3.73. The van der Waals surface area contributed by atoms with Crippen LogP contribution in [0.1, 0.15) is 49.8 Å². The number of nitrogens with zero attached hydrogens (tertiary/aromatic N) is 1. The SMILES string of the molecule is Cc1ccc(N(Cc2ccco2)C(=O)C23CC4CC(CC(C4)C2)C3)cc1. The van der Waals surface area contributed by atoms with Gasteiger partial charge in [0.15, 0.2) is 0 Å².